The number of H-pyrrole nitrogens is 1. The minimum Gasteiger partial charge on any atom is -0.361 e. The van der Waals surface area contributed by atoms with Gasteiger partial charge in [-0.3, -0.25) is 0 Å². The van der Waals surface area contributed by atoms with Crippen LogP contribution >= 0.6 is 0 Å². The lowest BCUT2D eigenvalue weighted by Crippen LogP contribution is -2.03. The Balaban J connectivity index is 1.59. The molecule has 0 aliphatic heterocycles. The summed E-state index contributed by atoms with van der Waals surface area (Å²) in [5, 5.41) is 9.87. The highest BCUT2D eigenvalue weighted by Crippen LogP contribution is 2.29. The van der Waals surface area contributed by atoms with Crippen molar-refractivity contribution in [1.29, 1.82) is 0 Å². The van der Waals surface area contributed by atoms with Crippen LogP contribution in [0.1, 0.15) is 11.4 Å². The van der Waals surface area contributed by atoms with Crippen LogP contribution in [0, 0.1) is 5.82 Å². The Morgan fingerprint density at radius 3 is 2.17 bits per heavy atom. The molecule has 5 heteroatoms. The summed E-state index contributed by atoms with van der Waals surface area (Å²) >= 11 is 0. The monoisotopic (exact) mass is 380 g/mol. The summed E-state index contributed by atoms with van der Waals surface area (Å²) in [6.45, 7) is 0. The number of aromatic nitrogens is 4. The van der Waals surface area contributed by atoms with Crippen molar-refractivity contribution in [1.82, 2.24) is 20.2 Å². The van der Waals surface area contributed by atoms with Crippen LogP contribution in [-0.2, 0) is 6.42 Å². The van der Waals surface area contributed by atoms with E-state index in [-0.39, 0.29) is 5.82 Å². The van der Waals surface area contributed by atoms with E-state index in [9.17, 15) is 4.39 Å². The van der Waals surface area contributed by atoms with Crippen molar-refractivity contribution in [2.45, 2.75) is 6.42 Å². The average Bonchev–Trinajstić information content (AvgIpc) is 3.16. The topological polar surface area (TPSA) is 54.5 Å². The second-order valence-corrected chi connectivity index (χ2v) is 6.84. The molecule has 0 unspecified atom stereocenters. The third kappa shape index (κ3) is 3.38. The molecular weight excluding hydrogens is 363 g/mol. The largest absolute Gasteiger partial charge is 0.361 e. The van der Waals surface area contributed by atoms with E-state index >= 15 is 0 Å². The van der Waals surface area contributed by atoms with Crippen molar-refractivity contribution in [3.8, 4) is 22.5 Å². The highest BCUT2D eigenvalue weighted by Gasteiger charge is 2.15. The fourth-order valence-corrected chi connectivity index (χ4v) is 3.50. The van der Waals surface area contributed by atoms with Gasteiger partial charge in [-0.15, -0.1) is 10.2 Å². The van der Waals surface area contributed by atoms with Gasteiger partial charge in [0.25, 0.3) is 0 Å². The Bertz CT molecular complexity index is 1280. The van der Waals surface area contributed by atoms with Crippen molar-refractivity contribution in [2.24, 2.45) is 0 Å². The van der Waals surface area contributed by atoms with E-state index in [0.29, 0.717) is 12.2 Å². The Labute approximate surface area is 167 Å². The third-order valence-electron chi connectivity index (χ3n) is 4.90. The summed E-state index contributed by atoms with van der Waals surface area (Å²) in [7, 11) is 0. The quantitative estimate of drug-likeness (QED) is 0.453. The van der Waals surface area contributed by atoms with Crippen LogP contribution in [0.25, 0.3) is 33.4 Å². The highest BCUT2D eigenvalue weighted by atomic mass is 19.1. The lowest BCUT2D eigenvalue weighted by molar-refractivity contribution is 0.629. The van der Waals surface area contributed by atoms with Crippen molar-refractivity contribution < 1.29 is 4.39 Å². The molecule has 3 aromatic carbocycles. The zero-order valence-corrected chi connectivity index (χ0v) is 15.5. The number of halogens is 1. The first-order valence-corrected chi connectivity index (χ1v) is 9.38. The molecule has 0 fully saturated rings. The lowest BCUT2D eigenvalue weighted by atomic mass is 10.0. The van der Waals surface area contributed by atoms with E-state index in [2.05, 4.69) is 15.2 Å². The van der Waals surface area contributed by atoms with Crippen molar-refractivity contribution >= 4 is 10.9 Å². The fraction of sp³-hybridized carbons (Fsp3) is 0.0417. The molecule has 0 bridgehead atoms. The van der Waals surface area contributed by atoms with Gasteiger partial charge in [-0.25, -0.2) is 9.37 Å². The van der Waals surface area contributed by atoms with Gasteiger partial charge in [-0.2, -0.15) is 0 Å². The first-order chi connectivity index (χ1) is 14.3. The first-order valence-electron chi connectivity index (χ1n) is 9.38. The van der Waals surface area contributed by atoms with Crippen molar-refractivity contribution in [3.05, 3.63) is 102 Å². The van der Waals surface area contributed by atoms with Crippen LogP contribution < -0.4 is 0 Å². The average molecular weight is 380 g/mol. The number of nitrogens with one attached hydrogen (secondary N) is 1. The van der Waals surface area contributed by atoms with Gasteiger partial charge in [0.2, 0.25) is 0 Å². The van der Waals surface area contributed by atoms with E-state index in [1.807, 2.05) is 66.9 Å². The number of hydrogen-bond donors (Lipinski definition) is 1. The van der Waals surface area contributed by atoms with E-state index in [0.717, 1.165) is 39.0 Å². The second kappa shape index (κ2) is 7.28. The summed E-state index contributed by atoms with van der Waals surface area (Å²) in [4.78, 5) is 7.97. The molecule has 5 aromatic rings. The van der Waals surface area contributed by atoms with Crippen molar-refractivity contribution in [3.63, 3.8) is 0 Å². The van der Waals surface area contributed by atoms with Gasteiger partial charge in [0.1, 0.15) is 17.2 Å². The molecule has 0 saturated heterocycles. The predicted octanol–water partition coefficient (Wildman–Crippen LogP) is 5.42. The minimum atomic E-state index is -0.262. The lowest BCUT2D eigenvalue weighted by Gasteiger charge is -2.09. The molecule has 2 heterocycles. The number of aromatic amines is 1. The van der Waals surface area contributed by atoms with Gasteiger partial charge < -0.3 is 4.98 Å². The Morgan fingerprint density at radius 1 is 0.759 bits per heavy atom. The number of benzene rings is 3. The Morgan fingerprint density at radius 2 is 1.45 bits per heavy atom. The van der Waals surface area contributed by atoms with Gasteiger partial charge in [0.15, 0.2) is 5.82 Å². The molecule has 0 spiro atoms. The van der Waals surface area contributed by atoms with Crippen molar-refractivity contribution in [2.75, 3.05) is 0 Å². The molecular formula is C24H17FN4. The summed E-state index contributed by atoms with van der Waals surface area (Å²) in [6, 6.07) is 24.7. The first kappa shape index (κ1) is 17.3. The standard InChI is InChI=1S/C24H17FN4/c25-19-11-12-20-18(15-26-21(20)14-19)13-22-27-23(16-7-3-1-4-8-16)24(29-28-22)17-9-5-2-6-10-17/h1-12,14-15,26H,13H2. The van der Waals surface area contributed by atoms with Crippen LogP contribution in [0.4, 0.5) is 4.39 Å². The maximum absolute atomic E-state index is 13.5. The SMILES string of the molecule is Fc1ccc2c(Cc3nnc(-c4ccccc4)c(-c4ccccc4)n3)c[nH]c2c1. The fourth-order valence-electron chi connectivity index (χ4n) is 3.50. The summed E-state index contributed by atoms with van der Waals surface area (Å²) < 4.78 is 13.5. The molecule has 0 amide bonds. The van der Waals surface area contributed by atoms with Gasteiger partial charge in [-0.05, 0) is 23.8 Å². The molecule has 0 aliphatic carbocycles. The molecule has 140 valence electrons. The number of nitrogens with zero attached hydrogens (tertiary/aromatic N) is 3. The summed E-state index contributed by atoms with van der Waals surface area (Å²) in [5.74, 6) is 0.358. The normalized spacial score (nSPS) is 11.1. The van der Waals surface area contributed by atoms with Gasteiger partial charge in [-0.1, -0.05) is 60.7 Å². The van der Waals surface area contributed by atoms with E-state index < -0.39 is 0 Å². The van der Waals surface area contributed by atoms with E-state index in [1.165, 1.54) is 12.1 Å². The predicted molar refractivity (Wildman–Crippen MR) is 112 cm³/mol. The molecule has 0 aliphatic rings. The minimum absolute atomic E-state index is 0.262. The zero-order valence-electron chi connectivity index (χ0n) is 15.5. The van der Waals surface area contributed by atoms with Crippen LogP contribution in [0.3, 0.4) is 0 Å². The third-order valence-corrected chi connectivity index (χ3v) is 4.90. The maximum Gasteiger partial charge on any atom is 0.156 e. The van der Waals surface area contributed by atoms with E-state index in [1.54, 1.807) is 6.07 Å². The molecule has 0 radical (unpaired) electrons. The van der Waals surface area contributed by atoms with Crippen LogP contribution in [0.15, 0.2) is 85.1 Å². The van der Waals surface area contributed by atoms with Gasteiger partial charge in [0.05, 0.1) is 0 Å². The molecule has 2 aromatic heterocycles. The molecule has 4 nitrogen and oxygen atoms in total. The molecule has 5 rings (SSSR count). The van der Waals surface area contributed by atoms with Gasteiger partial charge in [0, 0.05) is 34.6 Å². The highest BCUT2D eigenvalue weighted by molar-refractivity contribution is 5.83. The van der Waals surface area contributed by atoms with Crippen LogP contribution in [0.2, 0.25) is 0 Å². The van der Waals surface area contributed by atoms with Gasteiger partial charge >= 0.3 is 0 Å². The molecule has 0 saturated carbocycles. The Kier molecular flexibility index (Phi) is 4.33. The summed E-state index contributed by atoms with van der Waals surface area (Å²) in [5.41, 5.74) is 5.28. The smallest absolute Gasteiger partial charge is 0.156 e. The van der Waals surface area contributed by atoms with Crippen LogP contribution in [-0.4, -0.2) is 20.2 Å². The molecule has 1 N–H and O–H groups in total. The van der Waals surface area contributed by atoms with Crippen LogP contribution in [0.5, 0.6) is 0 Å². The number of rotatable bonds is 4. The molecule has 0 atom stereocenters. The number of hydrogen-bond acceptors (Lipinski definition) is 3. The maximum atomic E-state index is 13.5. The Hall–Kier alpha value is -3.86. The number of fused-ring (bicyclic) bond motifs is 1. The zero-order chi connectivity index (χ0) is 19.6. The van der Waals surface area contributed by atoms with E-state index in [4.69, 9.17) is 4.98 Å². The molecule has 29 heavy (non-hydrogen) atoms. The summed E-state index contributed by atoms with van der Waals surface area (Å²) in [6.07, 6.45) is 2.38. The second-order valence-electron chi connectivity index (χ2n) is 6.84.